The molecule has 3 rings (SSSR count). The van der Waals surface area contributed by atoms with Crippen LogP contribution in [0.15, 0.2) is 23.1 Å². The van der Waals surface area contributed by atoms with E-state index >= 15 is 0 Å². The molecule has 2 fully saturated rings. The number of benzene rings is 1. The van der Waals surface area contributed by atoms with Crippen LogP contribution >= 0.6 is 0 Å². The van der Waals surface area contributed by atoms with Crippen LogP contribution in [0.4, 0.5) is 0 Å². The second-order valence-electron chi connectivity index (χ2n) is 8.69. The third kappa shape index (κ3) is 4.85. The summed E-state index contributed by atoms with van der Waals surface area (Å²) in [6, 6.07) is 5.17. The molecule has 5 nitrogen and oxygen atoms in total. The van der Waals surface area contributed by atoms with E-state index in [2.05, 4.69) is 5.32 Å². The van der Waals surface area contributed by atoms with Crippen molar-refractivity contribution < 1.29 is 17.9 Å². The minimum atomic E-state index is -3.74. The normalized spacial score (nSPS) is 19.9. The molecular formula is C23H35NO4S. The summed E-state index contributed by atoms with van der Waals surface area (Å²) in [4.78, 5) is 13.3. The van der Waals surface area contributed by atoms with Gasteiger partial charge < -0.3 is 10.1 Å². The Labute approximate surface area is 175 Å². The Morgan fingerprint density at radius 1 is 1.07 bits per heavy atom. The molecule has 0 spiro atoms. The summed E-state index contributed by atoms with van der Waals surface area (Å²) in [5, 5.41) is 2.91. The van der Waals surface area contributed by atoms with Gasteiger partial charge in [-0.05, 0) is 69.2 Å². The SMILES string of the molecule is Cc1ccc(S(=O)(=O)C2(C(=O)NCCCOC3CCCCC3)CCCC2)cc1C. The Bertz CT molecular complexity index is 806. The van der Waals surface area contributed by atoms with Crippen molar-refractivity contribution in [2.24, 2.45) is 0 Å². The Hall–Kier alpha value is -1.40. The molecule has 2 aliphatic carbocycles. The summed E-state index contributed by atoms with van der Waals surface area (Å²) >= 11 is 0. The van der Waals surface area contributed by atoms with Crippen molar-refractivity contribution in [2.75, 3.05) is 13.2 Å². The lowest BCUT2D eigenvalue weighted by Crippen LogP contribution is -2.51. The molecule has 6 heteroatoms. The van der Waals surface area contributed by atoms with Crippen molar-refractivity contribution in [1.29, 1.82) is 0 Å². The van der Waals surface area contributed by atoms with Gasteiger partial charge >= 0.3 is 0 Å². The molecule has 0 unspecified atom stereocenters. The molecule has 1 aromatic carbocycles. The number of sulfone groups is 1. The fourth-order valence-electron chi connectivity index (χ4n) is 4.59. The largest absolute Gasteiger partial charge is 0.378 e. The minimum absolute atomic E-state index is 0.262. The lowest BCUT2D eigenvalue weighted by atomic mass is 9.98. The number of hydrogen-bond acceptors (Lipinski definition) is 4. The average molecular weight is 422 g/mol. The van der Waals surface area contributed by atoms with E-state index in [-0.39, 0.29) is 10.8 Å². The second-order valence-corrected chi connectivity index (χ2v) is 11.0. The summed E-state index contributed by atoms with van der Waals surface area (Å²) in [7, 11) is -3.74. The number of ether oxygens (including phenoxy) is 1. The molecule has 0 saturated heterocycles. The van der Waals surface area contributed by atoms with Crippen LogP contribution in [0.2, 0.25) is 0 Å². The Balaban J connectivity index is 1.61. The predicted molar refractivity (Wildman–Crippen MR) is 115 cm³/mol. The highest BCUT2D eigenvalue weighted by Crippen LogP contribution is 2.41. The van der Waals surface area contributed by atoms with Gasteiger partial charge in [-0.15, -0.1) is 0 Å². The van der Waals surface area contributed by atoms with Gasteiger partial charge in [0.1, 0.15) is 0 Å². The molecular weight excluding hydrogens is 386 g/mol. The maximum absolute atomic E-state index is 13.5. The first kappa shape index (κ1) is 22.3. The van der Waals surface area contributed by atoms with Crippen LogP contribution in [0.3, 0.4) is 0 Å². The summed E-state index contributed by atoms with van der Waals surface area (Å²) in [5.41, 5.74) is 1.98. The van der Waals surface area contributed by atoms with E-state index in [1.807, 2.05) is 19.9 Å². The molecule has 2 saturated carbocycles. The predicted octanol–water partition coefficient (Wildman–Crippen LogP) is 4.25. The molecule has 29 heavy (non-hydrogen) atoms. The van der Waals surface area contributed by atoms with Crippen LogP contribution in [-0.4, -0.2) is 38.3 Å². The van der Waals surface area contributed by atoms with Gasteiger partial charge in [0, 0.05) is 13.2 Å². The number of aryl methyl sites for hydroxylation is 2. The summed E-state index contributed by atoms with van der Waals surface area (Å²) in [5.74, 6) is -0.342. The highest BCUT2D eigenvalue weighted by atomic mass is 32.2. The van der Waals surface area contributed by atoms with Gasteiger partial charge in [-0.25, -0.2) is 8.42 Å². The topological polar surface area (TPSA) is 72.5 Å². The molecule has 1 amide bonds. The Kier molecular flexibility index (Phi) is 7.38. The Morgan fingerprint density at radius 3 is 2.41 bits per heavy atom. The monoisotopic (exact) mass is 421 g/mol. The van der Waals surface area contributed by atoms with Crippen molar-refractivity contribution in [3.63, 3.8) is 0 Å². The molecule has 1 N–H and O–H groups in total. The standard InChI is InChI=1S/C23H35NO4S/c1-18-11-12-21(17-19(18)2)29(26,27)23(13-6-7-14-23)22(25)24-15-8-16-28-20-9-4-3-5-10-20/h11-12,17,20H,3-10,13-16H2,1-2H3,(H,24,25). The number of amides is 1. The zero-order chi connectivity index (χ0) is 20.9. The molecule has 0 bridgehead atoms. The first-order chi connectivity index (χ1) is 13.9. The van der Waals surface area contributed by atoms with Gasteiger partial charge in [-0.2, -0.15) is 0 Å². The zero-order valence-electron chi connectivity index (χ0n) is 17.8. The number of hydrogen-bond donors (Lipinski definition) is 1. The van der Waals surface area contributed by atoms with Crippen molar-refractivity contribution in [1.82, 2.24) is 5.32 Å². The van der Waals surface area contributed by atoms with Gasteiger partial charge in [0.25, 0.3) is 0 Å². The maximum Gasteiger partial charge on any atom is 0.241 e. The first-order valence-corrected chi connectivity index (χ1v) is 12.6. The summed E-state index contributed by atoms with van der Waals surface area (Å²) < 4.78 is 31.5. The minimum Gasteiger partial charge on any atom is -0.378 e. The summed E-state index contributed by atoms with van der Waals surface area (Å²) in [6.07, 6.45) is 9.41. The van der Waals surface area contributed by atoms with E-state index < -0.39 is 14.6 Å². The quantitative estimate of drug-likeness (QED) is 0.637. The van der Waals surface area contributed by atoms with E-state index in [1.165, 1.54) is 19.3 Å². The third-order valence-electron chi connectivity index (χ3n) is 6.64. The molecule has 0 aliphatic heterocycles. The van der Waals surface area contributed by atoms with Crippen LogP contribution < -0.4 is 5.32 Å². The summed E-state index contributed by atoms with van der Waals surface area (Å²) in [6.45, 7) is 4.93. The molecule has 0 aromatic heterocycles. The van der Waals surface area contributed by atoms with E-state index in [1.54, 1.807) is 12.1 Å². The van der Waals surface area contributed by atoms with Gasteiger partial charge in [0.2, 0.25) is 5.91 Å². The smallest absolute Gasteiger partial charge is 0.241 e. The zero-order valence-corrected chi connectivity index (χ0v) is 18.7. The maximum atomic E-state index is 13.5. The highest BCUT2D eigenvalue weighted by molar-refractivity contribution is 7.93. The highest BCUT2D eigenvalue weighted by Gasteiger charge is 2.52. The Morgan fingerprint density at radius 2 is 1.76 bits per heavy atom. The molecule has 2 aliphatic rings. The molecule has 1 aromatic rings. The van der Waals surface area contributed by atoms with Crippen LogP contribution in [0.1, 0.15) is 75.3 Å². The van der Waals surface area contributed by atoms with Gasteiger partial charge in [-0.3, -0.25) is 4.79 Å². The van der Waals surface area contributed by atoms with E-state index in [0.717, 1.165) is 36.8 Å². The number of rotatable bonds is 8. The number of carbonyl (C=O) groups is 1. The first-order valence-electron chi connectivity index (χ1n) is 11.1. The van der Waals surface area contributed by atoms with Crippen molar-refractivity contribution >= 4 is 15.7 Å². The molecule has 0 heterocycles. The van der Waals surface area contributed by atoms with Crippen molar-refractivity contribution in [2.45, 2.75) is 93.8 Å². The molecule has 162 valence electrons. The van der Waals surface area contributed by atoms with E-state index in [4.69, 9.17) is 4.74 Å². The number of carbonyl (C=O) groups excluding carboxylic acids is 1. The second kappa shape index (κ2) is 9.61. The lowest BCUT2D eigenvalue weighted by molar-refractivity contribution is -0.123. The van der Waals surface area contributed by atoms with Crippen molar-refractivity contribution in [3.05, 3.63) is 29.3 Å². The van der Waals surface area contributed by atoms with Crippen LogP contribution in [0.25, 0.3) is 0 Å². The lowest BCUT2D eigenvalue weighted by Gasteiger charge is -2.28. The van der Waals surface area contributed by atoms with Gasteiger partial charge in [0.05, 0.1) is 11.0 Å². The fourth-order valence-corrected chi connectivity index (χ4v) is 6.76. The van der Waals surface area contributed by atoms with Gasteiger partial charge in [0.15, 0.2) is 14.6 Å². The van der Waals surface area contributed by atoms with Crippen LogP contribution in [0.5, 0.6) is 0 Å². The molecule has 0 atom stereocenters. The average Bonchev–Trinajstić information content (AvgIpc) is 3.22. The van der Waals surface area contributed by atoms with E-state index in [0.29, 0.717) is 38.5 Å². The van der Waals surface area contributed by atoms with E-state index in [9.17, 15) is 13.2 Å². The van der Waals surface area contributed by atoms with Crippen LogP contribution in [-0.2, 0) is 19.4 Å². The van der Waals surface area contributed by atoms with Crippen molar-refractivity contribution in [3.8, 4) is 0 Å². The molecule has 0 radical (unpaired) electrons. The number of nitrogens with one attached hydrogen (secondary N) is 1. The van der Waals surface area contributed by atoms with Gasteiger partial charge in [-0.1, -0.05) is 38.2 Å². The fraction of sp³-hybridized carbons (Fsp3) is 0.696. The van der Waals surface area contributed by atoms with Crippen LogP contribution in [0, 0.1) is 13.8 Å². The third-order valence-corrected chi connectivity index (χ3v) is 9.14.